The van der Waals surface area contributed by atoms with Crippen LogP contribution < -0.4 is 11.1 Å². The first-order chi connectivity index (χ1) is 11.2. The molecule has 1 atom stereocenters. The average molecular weight is 310 g/mol. The monoisotopic (exact) mass is 310 g/mol. The lowest BCUT2D eigenvalue weighted by Gasteiger charge is -2.13. The molecule has 122 valence electrons. The van der Waals surface area contributed by atoms with Crippen LogP contribution in [0.15, 0.2) is 54.6 Å². The molecule has 2 aromatic rings. The van der Waals surface area contributed by atoms with Crippen LogP contribution in [0.3, 0.4) is 0 Å². The minimum absolute atomic E-state index is 0.0117. The van der Waals surface area contributed by atoms with Crippen LogP contribution in [0.2, 0.25) is 0 Å². The van der Waals surface area contributed by atoms with Gasteiger partial charge in [-0.2, -0.15) is 0 Å². The maximum Gasteiger partial charge on any atom is 0.224 e. The van der Waals surface area contributed by atoms with Gasteiger partial charge in [-0.15, -0.1) is 0 Å². The number of carbonyl (C=O) groups is 1. The molecule has 1 amide bonds. The van der Waals surface area contributed by atoms with E-state index in [0.717, 1.165) is 17.5 Å². The first kappa shape index (κ1) is 17.2. The molecule has 0 aromatic heterocycles. The van der Waals surface area contributed by atoms with Crippen molar-refractivity contribution in [3.05, 3.63) is 71.3 Å². The van der Waals surface area contributed by atoms with Crippen LogP contribution in [-0.4, -0.2) is 12.5 Å². The molecule has 1 unspecified atom stereocenters. The Balaban J connectivity index is 1.78. The van der Waals surface area contributed by atoms with E-state index < -0.39 is 0 Å². The van der Waals surface area contributed by atoms with E-state index in [0.29, 0.717) is 13.0 Å². The van der Waals surface area contributed by atoms with Crippen molar-refractivity contribution in [3.63, 3.8) is 0 Å². The second-order valence-electron chi connectivity index (χ2n) is 5.92. The van der Waals surface area contributed by atoms with E-state index in [1.807, 2.05) is 42.5 Å². The molecular formula is C20H26N2O. The average Bonchev–Trinajstić information content (AvgIpc) is 2.60. The summed E-state index contributed by atoms with van der Waals surface area (Å²) in [5, 5.41) is 2.91. The van der Waals surface area contributed by atoms with Crippen molar-refractivity contribution in [1.82, 2.24) is 5.32 Å². The SMILES string of the molecule is CCCCc1ccc(CC(=O)NCC(N)c2ccccc2)cc1. The van der Waals surface area contributed by atoms with E-state index in [9.17, 15) is 4.79 Å². The standard InChI is InChI=1S/C20H26N2O/c1-2-3-7-16-10-12-17(13-11-16)14-20(23)22-15-19(21)18-8-5-4-6-9-18/h4-6,8-13,19H,2-3,7,14-15,21H2,1H3,(H,22,23). The van der Waals surface area contributed by atoms with Crippen LogP contribution in [0.1, 0.15) is 42.5 Å². The van der Waals surface area contributed by atoms with Gasteiger partial charge >= 0.3 is 0 Å². The lowest BCUT2D eigenvalue weighted by molar-refractivity contribution is -0.120. The highest BCUT2D eigenvalue weighted by atomic mass is 16.1. The van der Waals surface area contributed by atoms with Crippen molar-refractivity contribution < 1.29 is 4.79 Å². The Labute approximate surface area is 138 Å². The summed E-state index contributed by atoms with van der Waals surface area (Å²) in [5.74, 6) is 0.0117. The van der Waals surface area contributed by atoms with Gasteiger partial charge in [-0.3, -0.25) is 4.79 Å². The summed E-state index contributed by atoms with van der Waals surface area (Å²) in [6, 6.07) is 18.0. The van der Waals surface area contributed by atoms with Crippen molar-refractivity contribution in [2.75, 3.05) is 6.54 Å². The van der Waals surface area contributed by atoms with E-state index >= 15 is 0 Å². The zero-order valence-electron chi connectivity index (χ0n) is 13.8. The normalized spacial score (nSPS) is 11.9. The zero-order chi connectivity index (χ0) is 16.5. The van der Waals surface area contributed by atoms with Crippen molar-refractivity contribution in [3.8, 4) is 0 Å². The maximum absolute atomic E-state index is 12.0. The predicted octanol–water partition coefficient (Wildman–Crippen LogP) is 3.39. The molecule has 0 spiro atoms. The highest BCUT2D eigenvalue weighted by Crippen LogP contribution is 2.10. The quantitative estimate of drug-likeness (QED) is 0.785. The predicted molar refractivity (Wildman–Crippen MR) is 95.1 cm³/mol. The lowest BCUT2D eigenvalue weighted by atomic mass is 10.0. The van der Waals surface area contributed by atoms with Crippen molar-refractivity contribution in [2.24, 2.45) is 5.73 Å². The molecule has 0 heterocycles. The topological polar surface area (TPSA) is 55.1 Å². The van der Waals surface area contributed by atoms with Gasteiger partial charge in [-0.1, -0.05) is 67.9 Å². The third-order valence-electron chi connectivity index (χ3n) is 3.95. The summed E-state index contributed by atoms with van der Waals surface area (Å²) >= 11 is 0. The largest absolute Gasteiger partial charge is 0.354 e. The molecule has 2 aromatic carbocycles. The molecule has 3 nitrogen and oxygen atoms in total. The summed E-state index contributed by atoms with van der Waals surface area (Å²) in [7, 11) is 0. The molecule has 2 rings (SSSR count). The number of nitrogens with one attached hydrogen (secondary N) is 1. The van der Waals surface area contributed by atoms with Crippen LogP contribution in [0.5, 0.6) is 0 Å². The summed E-state index contributed by atoms with van der Waals surface area (Å²) < 4.78 is 0. The molecule has 0 saturated carbocycles. The van der Waals surface area contributed by atoms with E-state index in [1.165, 1.54) is 18.4 Å². The van der Waals surface area contributed by atoms with Crippen LogP contribution in [0.25, 0.3) is 0 Å². The van der Waals surface area contributed by atoms with Crippen LogP contribution in [0.4, 0.5) is 0 Å². The summed E-state index contributed by atoms with van der Waals surface area (Å²) in [4.78, 5) is 12.0. The fraction of sp³-hybridized carbons (Fsp3) is 0.350. The first-order valence-electron chi connectivity index (χ1n) is 8.34. The molecule has 0 bridgehead atoms. The number of nitrogens with two attached hydrogens (primary N) is 1. The highest BCUT2D eigenvalue weighted by molar-refractivity contribution is 5.78. The van der Waals surface area contributed by atoms with Gasteiger partial charge in [-0.25, -0.2) is 0 Å². The second-order valence-corrected chi connectivity index (χ2v) is 5.92. The van der Waals surface area contributed by atoms with Gasteiger partial charge in [0.05, 0.1) is 6.42 Å². The van der Waals surface area contributed by atoms with Gasteiger partial charge in [0.2, 0.25) is 5.91 Å². The number of unbranched alkanes of at least 4 members (excludes halogenated alkanes) is 1. The molecule has 0 aliphatic rings. The smallest absolute Gasteiger partial charge is 0.224 e. The molecule has 0 aliphatic heterocycles. The Kier molecular flexibility index (Phi) is 6.82. The molecule has 0 saturated heterocycles. The van der Waals surface area contributed by atoms with Gasteiger partial charge in [-0.05, 0) is 29.5 Å². The second kappa shape index (κ2) is 9.11. The lowest BCUT2D eigenvalue weighted by Crippen LogP contribution is -2.32. The zero-order valence-corrected chi connectivity index (χ0v) is 13.8. The van der Waals surface area contributed by atoms with E-state index in [1.54, 1.807) is 0 Å². The minimum Gasteiger partial charge on any atom is -0.354 e. The fourth-order valence-electron chi connectivity index (χ4n) is 2.49. The maximum atomic E-state index is 12.0. The van der Waals surface area contributed by atoms with Crippen LogP contribution >= 0.6 is 0 Å². The van der Waals surface area contributed by atoms with Crippen molar-refractivity contribution in [2.45, 2.75) is 38.6 Å². The van der Waals surface area contributed by atoms with Crippen molar-refractivity contribution in [1.29, 1.82) is 0 Å². The Morgan fingerprint density at radius 1 is 1.04 bits per heavy atom. The fourth-order valence-corrected chi connectivity index (χ4v) is 2.49. The Morgan fingerprint density at radius 3 is 2.35 bits per heavy atom. The van der Waals surface area contributed by atoms with Crippen molar-refractivity contribution >= 4 is 5.91 Å². The third kappa shape index (κ3) is 5.87. The summed E-state index contributed by atoms with van der Waals surface area (Å²) in [5.41, 5.74) is 9.50. The molecule has 3 heteroatoms. The first-order valence-corrected chi connectivity index (χ1v) is 8.34. The third-order valence-corrected chi connectivity index (χ3v) is 3.95. The van der Waals surface area contributed by atoms with E-state index in [4.69, 9.17) is 5.73 Å². The molecule has 23 heavy (non-hydrogen) atoms. The molecular weight excluding hydrogens is 284 g/mol. The van der Waals surface area contributed by atoms with E-state index in [-0.39, 0.29) is 11.9 Å². The van der Waals surface area contributed by atoms with Gasteiger partial charge in [0, 0.05) is 12.6 Å². The van der Waals surface area contributed by atoms with Crippen LogP contribution in [-0.2, 0) is 17.6 Å². The number of carbonyl (C=O) groups excluding carboxylic acids is 1. The summed E-state index contributed by atoms with van der Waals surface area (Å²) in [6.45, 7) is 2.65. The van der Waals surface area contributed by atoms with Gasteiger partial charge in [0.1, 0.15) is 0 Å². The van der Waals surface area contributed by atoms with E-state index in [2.05, 4.69) is 24.4 Å². The number of benzene rings is 2. The minimum atomic E-state index is -0.170. The Morgan fingerprint density at radius 2 is 1.70 bits per heavy atom. The number of rotatable bonds is 8. The Hall–Kier alpha value is -2.13. The Bertz CT molecular complexity index is 593. The molecule has 0 fully saturated rings. The number of hydrogen-bond donors (Lipinski definition) is 2. The van der Waals surface area contributed by atoms with Gasteiger partial charge < -0.3 is 11.1 Å². The highest BCUT2D eigenvalue weighted by Gasteiger charge is 2.08. The van der Waals surface area contributed by atoms with Gasteiger partial charge in [0.25, 0.3) is 0 Å². The van der Waals surface area contributed by atoms with Crippen LogP contribution in [0, 0.1) is 0 Å². The summed E-state index contributed by atoms with van der Waals surface area (Å²) in [6.07, 6.45) is 3.91. The number of amides is 1. The number of hydrogen-bond acceptors (Lipinski definition) is 2. The molecule has 0 aliphatic carbocycles. The molecule has 0 radical (unpaired) electrons. The van der Waals surface area contributed by atoms with Gasteiger partial charge in [0.15, 0.2) is 0 Å². The molecule has 3 N–H and O–H groups in total. The number of aryl methyl sites for hydroxylation is 1.